The second-order valence-electron chi connectivity index (χ2n) is 4.04. The van der Waals surface area contributed by atoms with Crippen LogP contribution in [-0.2, 0) is 0 Å². The van der Waals surface area contributed by atoms with E-state index in [0.29, 0.717) is 0 Å². The van der Waals surface area contributed by atoms with Gasteiger partial charge in [0, 0.05) is 26.2 Å². The summed E-state index contributed by atoms with van der Waals surface area (Å²) in [7, 11) is 0. The van der Waals surface area contributed by atoms with Crippen molar-refractivity contribution < 1.29 is 0 Å². The van der Waals surface area contributed by atoms with Crippen molar-refractivity contribution in [2.45, 2.75) is 25.9 Å². The average molecular weight is 183 g/mol. The van der Waals surface area contributed by atoms with E-state index < -0.39 is 0 Å². The lowest BCUT2D eigenvalue weighted by molar-refractivity contribution is 0.0679. The van der Waals surface area contributed by atoms with Gasteiger partial charge in [-0.15, -0.1) is 0 Å². The van der Waals surface area contributed by atoms with Crippen LogP contribution in [0.1, 0.15) is 19.8 Å². The molecule has 0 spiro atoms. The standard InChI is InChI=1S/C10H21N3/c1-2-12-7-3-4-10(12)13-8-5-11-6-9-13/h10-11H,2-9H2,1H3. The molecule has 76 valence electrons. The molecule has 3 heteroatoms. The molecule has 2 aliphatic heterocycles. The lowest BCUT2D eigenvalue weighted by Crippen LogP contribution is -2.52. The van der Waals surface area contributed by atoms with Gasteiger partial charge >= 0.3 is 0 Å². The SMILES string of the molecule is CCN1CCCC1N1CCNCC1. The van der Waals surface area contributed by atoms with Crippen LogP contribution in [0.15, 0.2) is 0 Å². The maximum atomic E-state index is 3.41. The summed E-state index contributed by atoms with van der Waals surface area (Å²) in [5, 5.41) is 3.41. The maximum absolute atomic E-state index is 3.41. The highest BCUT2D eigenvalue weighted by atomic mass is 15.4. The molecule has 1 unspecified atom stereocenters. The molecule has 1 N–H and O–H groups in total. The van der Waals surface area contributed by atoms with E-state index in [1.54, 1.807) is 0 Å². The largest absolute Gasteiger partial charge is 0.314 e. The van der Waals surface area contributed by atoms with Crippen LogP contribution in [0.25, 0.3) is 0 Å². The molecule has 2 saturated heterocycles. The van der Waals surface area contributed by atoms with Crippen LogP contribution in [0.3, 0.4) is 0 Å². The summed E-state index contributed by atoms with van der Waals surface area (Å²) in [6.07, 6.45) is 3.53. The molecular formula is C10H21N3. The number of hydrogen-bond acceptors (Lipinski definition) is 3. The van der Waals surface area contributed by atoms with Crippen LogP contribution in [0.2, 0.25) is 0 Å². The third-order valence-corrected chi connectivity index (χ3v) is 3.31. The van der Waals surface area contributed by atoms with Crippen molar-refractivity contribution in [2.24, 2.45) is 0 Å². The van der Waals surface area contributed by atoms with Gasteiger partial charge in [-0.25, -0.2) is 0 Å². The van der Waals surface area contributed by atoms with Gasteiger partial charge in [0.15, 0.2) is 0 Å². The molecule has 3 nitrogen and oxygen atoms in total. The molecule has 0 aliphatic carbocycles. The van der Waals surface area contributed by atoms with Crippen molar-refractivity contribution in [3.8, 4) is 0 Å². The number of hydrogen-bond donors (Lipinski definition) is 1. The summed E-state index contributed by atoms with van der Waals surface area (Å²) in [4.78, 5) is 5.26. The number of likely N-dealkylation sites (tertiary alicyclic amines) is 1. The van der Waals surface area contributed by atoms with Crippen molar-refractivity contribution in [1.82, 2.24) is 15.1 Å². The van der Waals surface area contributed by atoms with E-state index >= 15 is 0 Å². The van der Waals surface area contributed by atoms with Gasteiger partial charge in [0.25, 0.3) is 0 Å². The first kappa shape index (κ1) is 9.44. The molecule has 0 aromatic heterocycles. The minimum absolute atomic E-state index is 0.757. The van der Waals surface area contributed by atoms with Crippen LogP contribution in [-0.4, -0.2) is 55.2 Å². The maximum Gasteiger partial charge on any atom is 0.0623 e. The van der Waals surface area contributed by atoms with E-state index in [1.165, 1.54) is 52.1 Å². The Morgan fingerprint density at radius 3 is 2.69 bits per heavy atom. The Morgan fingerprint density at radius 2 is 2.00 bits per heavy atom. The smallest absolute Gasteiger partial charge is 0.0623 e. The summed E-state index contributed by atoms with van der Waals surface area (Å²) in [6.45, 7) is 9.63. The molecule has 2 aliphatic rings. The molecular weight excluding hydrogens is 162 g/mol. The molecule has 2 rings (SSSR count). The lowest BCUT2D eigenvalue weighted by atomic mass is 10.2. The molecule has 1 atom stereocenters. The first-order chi connectivity index (χ1) is 6.42. The summed E-state index contributed by atoms with van der Waals surface area (Å²) in [5.41, 5.74) is 0. The van der Waals surface area contributed by atoms with Gasteiger partial charge < -0.3 is 5.32 Å². The third kappa shape index (κ3) is 2.03. The Hall–Kier alpha value is -0.120. The zero-order valence-corrected chi connectivity index (χ0v) is 8.63. The number of nitrogens with one attached hydrogen (secondary N) is 1. The van der Waals surface area contributed by atoms with Crippen molar-refractivity contribution in [3.63, 3.8) is 0 Å². The fourth-order valence-corrected chi connectivity index (χ4v) is 2.57. The van der Waals surface area contributed by atoms with Crippen molar-refractivity contribution in [3.05, 3.63) is 0 Å². The van der Waals surface area contributed by atoms with Crippen LogP contribution in [0, 0.1) is 0 Å². The van der Waals surface area contributed by atoms with Gasteiger partial charge in [-0.3, -0.25) is 9.80 Å². The Balaban J connectivity index is 1.90. The highest BCUT2D eigenvalue weighted by Crippen LogP contribution is 2.20. The minimum Gasteiger partial charge on any atom is -0.314 e. The summed E-state index contributed by atoms with van der Waals surface area (Å²) < 4.78 is 0. The summed E-state index contributed by atoms with van der Waals surface area (Å²) in [6, 6.07) is 0. The van der Waals surface area contributed by atoms with Crippen LogP contribution >= 0.6 is 0 Å². The lowest BCUT2D eigenvalue weighted by Gasteiger charge is -2.37. The third-order valence-electron chi connectivity index (χ3n) is 3.31. The molecule has 0 amide bonds. The molecule has 0 bridgehead atoms. The normalized spacial score (nSPS) is 32.5. The summed E-state index contributed by atoms with van der Waals surface area (Å²) in [5.74, 6) is 0. The Morgan fingerprint density at radius 1 is 1.23 bits per heavy atom. The number of piperazine rings is 1. The van der Waals surface area contributed by atoms with E-state index in [2.05, 4.69) is 22.0 Å². The van der Waals surface area contributed by atoms with Gasteiger partial charge in [-0.1, -0.05) is 6.92 Å². The van der Waals surface area contributed by atoms with E-state index in [-0.39, 0.29) is 0 Å². The highest BCUT2D eigenvalue weighted by molar-refractivity contribution is 4.81. The van der Waals surface area contributed by atoms with Gasteiger partial charge in [-0.05, 0) is 25.9 Å². The quantitative estimate of drug-likeness (QED) is 0.666. The first-order valence-corrected chi connectivity index (χ1v) is 5.60. The molecule has 0 radical (unpaired) electrons. The van der Waals surface area contributed by atoms with Crippen LogP contribution in [0.4, 0.5) is 0 Å². The minimum atomic E-state index is 0.757. The molecule has 2 heterocycles. The molecule has 0 aromatic carbocycles. The highest BCUT2D eigenvalue weighted by Gasteiger charge is 2.28. The molecule has 2 fully saturated rings. The predicted molar refractivity (Wildman–Crippen MR) is 54.7 cm³/mol. The van der Waals surface area contributed by atoms with Crippen LogP contribution < -0.4 is 5.32 Å². The Kier molecular flexibility index (Phi) is 3.19. The number of nitrogens with zero attached hydrogens (tertiary/aromatic N) is 2. The average Bonchev–Trinajstić information content (AvgIpc) is 2.67. The second-order valence-corrected chi connectivity index (χ2v) is 4.04. The molecule has 0 aromatic rings. The van der Waals surface area contributed by atoms with E-state index in [4.69, 9.17) is 0 Å². The zero-order chi connectivity index (χ0) is 9.10. The van der Waals surface area contributed by atoms with Crippen molar-refractivity contribution in [2.75, 3.05) is 39.3 Å². The van der Waals surface area contributed by atoms with Gasteiger partial charge in [-0.2, -0.15) is 0 Å². The van der Waals surface area contributed by atoms with Crippen molar-refractivity contribution in [1.29, 1.82) is 0 Å². The monoisotopic (exact) mass is 183 g/mol. The van der Waals surface area contributed by atoms with Gasteiger partial charge in [0.05, 0.1) is 6.17 Å². The topological polar surface area (TPSA) is 18.5 Å². The van der Waals surface area contributed by atoms with Gasteiger partial charge in [0.1, 0.15) is 0 Å². The molecule has 0 saturated carbocycles. The first-order valence-electron chi connectivity index (χ1n) is 5.60. The van der Waals surface area contributed by atoms with E-state index in [9.17, 15) is 0 Å². The Labute approximate surface area is 81.1 Å². The van der Waals surface area contributed by atoms with Crippen molar-refractivity contribution >= 4 is 0 Å². The van der Waals surface area contributed by atoms with E-state index in [0.717, 1.165) is 6.17 Å². The molecule has 13 heavy (non-hydrogen) atoms. The van der Waals surface area contributed by atoms with Crippen LogP contribution in [0.5, 0.6) is 0 Å². The zero-order valence-electron chi connectivity index (χ0n) is 8.63. The number of rotatable bonds is 2. The fraction of sp³-hybridized carbons (Fsp3) is 1.00. The van der Waals surface area contributed by atoms with Gasteiger partial charge in [0.2, 0.25) is 0 Å². The Bertz CT molecular complexity index is 154. The summed E-state index contributed by atoms with van der Waals surface area (Å²) >= 11 is 0. The predicted octanol–water partition coefficient (Wildman–Crippen LogP) is 0.333. The second kappa shape index (κ2) is 4.40. The fourth-order valence-electron chi connectivity index (χ4n) is 2.57. The van der Waals surface area contributed by atoms with E-state index in [1.807, 2.05) is 0 Å².